The van der Waals surface area contributed by atoms with Gasteiger partial charge in [0, 0.05) is 34.6 Å². The molecular weight excluding hydrogens is 600 g/mol. The van der Waals surface area contributed by atoms with Crippen molar-refractivity contribution in [2.75, 3.05) is 7.11 Å². The molecule has 0 spiro atoms. The Morgan fingerprint density at radius 1 is 0.773 bits per heavy atom. The zero-order valence-corrected chi connectivity index (χ0v) is 26.7. The van der Waals surface area contributed by atoms with Crippen molar-refractivity contribution in [3.63, 3.8) is 0 Å². The minimum Gasteiger partial charge on any atom is 0 e. The largest absolute Gasteiger partial charge is 0 e. The molecule has 0 fully saturated rings. The van der Waals surface area contributed by atoms with Crippen molar-refractivity contribution >= 4 is 17.1 Å². The molecule has 0 amide bonds. The molecule has 0 aliphatic carbocycles. The summed E-state index contributed by atoms with van der Waals surface area (Å²) in [6.45, 7) is 23.8. The van der Waals surface area contributed by atoms with Gasteiger partial charge >= 0.3 is 33.9 Å². The Hall–Kier alpha value is -4.24. The van der Waals surface area contributed by atoms with Gasteiger partial charge in [-0.1, -0.05) is 36.4 Å². The Bertz CT molecular complexity index is 1530. The molecule has 0 N–H and O–H groups in total. The van der Waals surface area contributed by atoms with Crippen LogP contribution in [-0.4, -0.2) is 25.6 Å². The predicted octanol–water partition coefficient (Wildman–Crippen LogP) is 7.67. The predicted molar refractivity (Wildman–Crippen MR) is 160 cm³/mol. The Morgan fingerprint density at radius 2 is 1.39 bits per heavy atom. The number of methoxy groups -OCH3 is 1. The molecule has 4 rings (SSSR count). The number of aldehydes is 1. The number of ether oxygens (including phenoxy) is 4. The molecule has 0 bridgehead atoms. The van der Waals surface area contributed by atoms with Crippen molar-refractivity contribution in [3.05, 3.63) is 103 Å². The van der Waals surface area contributed by atoms with Crippen molar-refractivity contribution in [1.82, 2.24) is 0 Å². The van der Waals surface area contributed by atoms with Gasteiger partial charge in [-0.25, -0.2) is 0 Å². The minimum absolute atomic E-state index is 0. The van der Waals surface area contributed by atoms with Gasteiger partial charge in [0.15, 0.2) is 6.29 Å². The minimum atomic E-state index is -0.0939. The van der Waals surface area contributed by atoms with Crippen LogP contribution in [0.1, 0.15) is 49.2 Å². The van der Waals surface area contributed by atoms with E-state index in [1.54, 1.807) is 13.2 Å². The Morgan fingerprint density at radius 3 is 1.93 bits per heavy atom. The molecule has 0 saturated heterocycles. The maximum atomic E-state index is 12.4. The summed E-state index contributed by atoms with van der Waals surface area (Å²) in [5, 5.41) is 1.76. The molecule has 4 aromatic carbocycles. The Labute approximate surface area is 269 Å². The summed E-state index contributed by atoms with van der Waals surface area (Å²) in [4.78, 5) is 12.4. The second-order valence-electron chi connectivity index (χ2n) is 9.61. The molecule has 0 aromatic heterocycles. The third kappa shape index (κ3) is 10.5. The maximum Gasteiger partial charge on any atom is 0 e. The van der Waals surface area contributed by atoms with E-state index in [0.717, 1.165) is 33.7 Å². The Kier molecular flexibility index (Phi) is 18.6. The SMILES string of the molecule is COc1cc(C)cc2c(-c3c(C=O)cc(OC(C)C)cc3OC(C)C)ccc(OCc3ccccc3)c12.[C-]#[O+].[C-]#[O+].[C-]#[O+].[Cr]. The summed E-state index contributed by atoms with van der Waals surface area (Å²) in [6, 6.07) is 21.7. The average molecular weight is 635 g/mol. The molecule has 0 radical (unpaired) electrons. The zero-order chi connectivity index (χ0) is 32.5. The van der Waals surface area contributed by atoms with Gasteiger partial charge in [0.25, 0.3) is 0 Å². The summed E-state index contributed by atoms with van der Waals surface area (Å²) in [7, 11) is 1.66. The number of carbonyl (C=O) groups is 1. The molecule has 0 heterocycles. The molecule has 0 aliphatic heterocycles. The van der Waals surface area contributed by atoms with Crippen molar-refractivity contribution < 1.29 is 55.1 Å². The van der Waals surface area contributed by atoms with Crippen molar-refractivity contribution in [2.24, 2.45) is 0 Å². The van der Waals surface area contributed by atoms with E-state index in [1.165, 1.54) is 0 Å². The molecule has 4 aromatic rings. The van der Waals surface area contributed by atoms with Crippen LogP contribution >= 0.6 is 0 Å². The first-order valence-electron chi connectivity index (χ1n) is 13.2. The van der Waals surface area contributed by atoms with Crippen molar-refractivity contribution in [1.29, 1.82) is 0 Å². The van der Waals surface area contributed by atoms with E-state index in [4.69, 9.17) is 32.9 Å². The summed E-state index contributed by atoms with van der Waals surface area (Å²) < 4.78 is 46.8. The number of benzene rings is 4. The quantitative estimate of drug-likeness (QED) is 0.101. The monoisotopic (exact) mass is 634 g/mol. The molecule has 9 heteroatoms. The topological polar surface area (TPSA) is 114 Å². The fraction of sp³-hybridized carbons (Fsp3) is 0.257. The second kappa shape index (κ2) is 20.6. The third-order valence-electron chi connectivity index (χ3n) is 5.88. The first kappa shape index (κ1) is 39.8. The Balaban J connectivity index is 0.00000249. The van der Waals surface area contributed by atoms with E-state index in [-0.39, 0.29) is 29.6 Å². The molecule has 0 atom stereocenters. The van der Waals surface area contributed by atoms with Gasteiger partial charge in [0.05, 0.1) is 24.7 Å². The molecule has 228 valence electrons. The summed E-state index contributed by atoms with van der Waals surface area (Å²) >= 11 is 0. The normalized spacial score (nSPS) is 9.50. The number of carbonyl (C=O) groups excluding carboxylic acids is 1. The average Bonchev–Trinajstić information content (AvgIpc) is 3.02. The molecule has 0 unspecified atom stereocenters. The standard InChI is InChI=1S/C32H34O5.3CO.Cr/c1-20(2)36-25-16-24(18-33)31(30(17-25)37-21(3)4)26-12-13-28(35-19-23-10-8-7-9-11-23)32-27(26)14-22(5)15-29(32)34-6;3*1-2;/h7-18,20-21H,19H2,1-6H3;;;;. The van der Waals surface area contributed by atoms with Gasteiger partial charge in [-0.2, -0.15) is 0 Å². The van der Waals surface area contributed by atoms with Crippen LogP contribution in [0.3, 0.4) is 0 Å². The fourth-order valence-corrected chi connectivity index (χ4v) is 4.47. The van der Waals surface area contributed by atoms with E-state index in [1.807, 2.05) is 89.2 Å². The summed E-state index contributed by atoms with van der Waals surface area (Å²) in [5.74, 6) is 2.60. The first-order valence-corrected chi connectivity index (χ1v) is 13.2. The number of rotatable bonds is 10. The van der Waals surface area contributed by atoms with Crippen LogP contribution in [0.25, 0.3) is 21.9 Å². The van der Waals surface area contributed by atoms with Crippen LogP contribution < -0.4 is 18.9 Å². The van der Waals surface area contributed by atoms with Crippen molar-refractivity contribution in [2.45, 2.75) is 53.4 Å². The van der Waals surface area contributed by atoms with E-state index in [2.05, 4.69) is 26.0 Å². The van der Waals surface area contributed by atoms with Crippen LogP contribution in [0.15, 0.2) is 66.7 Å². The molecule has 0 aliphatic rings. The summed E-state index contributed by atoms with van der Waals surface area (Å²) in [5.41, 5.74) is 4.17. The van der Waals surface area contributed by atoms with Gasteiger partial charge in [0.1, 0.15) is 29.6 Å². The van der Waals surface area contributed by atoms with Crippen molar-refractivity contribution in [3.8, 4) is 34.1 Å². The van der Waals surface area contributed by atoms with Crippen LogP contribution in [0.4, 0.5) is 0 Å². The van der Waals surface area contributed by atoms with E-state index >= 15 is 0 Å². The van der Waals surface area contributed by atoms with Gasteiger partial charge in [-0.15, -0.1) is 0 Å². The van der Waals surface area contributed by atoms with Gasteiger partial charge in [-0.3, -0.25) is 4.79 Å². The smallest absolute Gasteiger partial charge is 0 e. The number of hydrogen-bond acceptors (Lipinski definition) is 5. The zero-order valence-electron chi connectivity index (χ0n) is 25.5. The molecule has 8 nitrogen and oxygen atoms in total. The number of aryl methyl sites for hydroxylation is 1. The molecule has 0 saturated carbocycles. The third-order valence-corrected chi connectivity index (χ3v) is 5.88. The fourth-order valence-electron chi connectivity index (χ4n) is 4.47. The van der Waals surface area contributed by atoms with Crippen LogP contribution in [-0.2, 0) is 37.9 Å². The number of hydrogen-bond donors (Lipinski definition) is 0. The van der Waals surface area contributed by atoms with Crippen LogP contribution in [0.2, 0.25) is 0 Å². The van der Waals surface area contributed by atoms with Gasteiger partial charge in [-0.05, 0) is 81.0 Å². The van der Waals surface area contributed by atoms with E-state index < -0.39 is 0 Å². The summed E-state index contributed by atoms with van der Waals surface area (Å²) in [6.07, 6.45) is 0.726. The van der Waals surface area contributed by atoms with Crippen LogP contribution in [0, 0.1) is 26.9 Å². The maximum absolute atomic E-state index is 12.4. The van der Waals surface area contributed by atoms with Crippen LogP contribution in [0.5, 0.6) is 23.0 Å². The second-order valence-corrected chi connectivity index (χ2v) is 9.61. The van der Waals surface area contributed by atoms with E-state index in [9.17, 15) is 4.79 Å². The first-order chi connectivity index (χ1) is 20.8. The molecular formula is C35H34CrO8. The number of fused-ring (bicyclic) bond motifs is 1. The van der Waals surface area contributed by atoms with Gasteiger partial charge < -0.3 is 18.9 Å². The van der Waals surface area contributed by atoms with Gasteiger partial charge in [0.2, 0.25) is 0 Å². The molecule has 44 heavy (non-hydrogen) atoms. The van der Waals surface area contributed by atoms with E-state index in [0.29, 0.717) is 40.7 Å².